The molecule has 0 saturated carbocycles. The number of piperazine rings is 1. The molecule has 7 nitrogen and oxygen atoms in total. The highest BCUT2D eigenvalue weighted by molar-refractivity contribution is 5.80. The van der Waals surface area contributed by atoms with E-state index in [9.17, 15) is 4.79 Å². The van der Waals surface area contributed by atoms with Gasteiger partial charge in [-0.2, -0.15) is 0 Å². The fraction of sp³-hybridized carbons (Fsp3) is 0.292. The Kier molecular flexibility index (Phi) is 6.31. The molecule has 2 heterocycles. The van der Waals surface area contributed by atoms with E-state index >= 15 is 0 Å². The van der Waals surface area contributed by atoms with Gasteiger partial charge in [-0.25, -0.2) is 9.97 Å². The van der Waals surface area contributed by atoms with Gasteiger partial charge < -0.3 is 19.3 Å². The molecule has 0 radical (unpaired) electrons. The van der Waals surface area contributed by atoms with Crippen LogP contribution in [-0.2, 0) is 11.2 Å². The van der Waals surface area contributed by atoms with E-state index in [0.717, 1.165) is 47.2 Å². The summed E-state index contributed by atoms with van der Waals surface area (Å²) in [5.74, 6) is 2.52. The molecule has 0 bridgehead atoms. The summed E-state index contributed by atoms with van der Waals surface area (Å²) in [7, 11) is 3.28. The van der Waals surface area contributed by atoms with Crippen LogP contribution in [0.1, 0.15) is 5.56 Å². The highest BCUT2D eigenvalue weighted by atomic mass is 16.5. The third-order valence-corrected chi connectivity index (χ3v) is 5.51. The Hall–Kier alpha value is -3.61. The van der Waals surface area contributed by atoms with Crippen molar-refractivity contribution in [1.29, 1.82) is 0 Å². The normalized spacial score (nSPS) is 13.7. The van der Waals surface area contributed by atoms with Crippen LogP contribution in [0.5, 0.6) is 11.5 Å². The number of amides is 1. The van der Waals surface area contributed by atoms with E-state index in [1.54, 1.807) is 20.5 Å². The summed E-state index contributed by atoms with van der Waals surface area (Å²) in [5, 5.41) is 0. The van der Waals surface area contributed by atoms with E-state index in [-0.39, 0.29) is 5.91 Å². The summed E-state index contributed by atoms with van der Waals surface area (Å²) < 4.78 is 10.7. The van der Waals surface area contributed by atoms with Gasteiger partial charge in [-0.3, -0.25) is 4.79 Å². The highest BCUT2D eigenvalue weighted by Crippen LogP contribution is 2.25. The van der Waals surface area contributed by atoms with Crippen molar-refractivity contribution in [3.05, 3.63) is 66.5 Å². The molecule has 160 valence electrons. The van der Waals surface area contributed by atoms with E-state index < -0.39 is 0 Å². The van der Waals surface area contributed by atoms with Crippen molar-refractivity contribution < 1.29 is 14.3 Å². The Morgan fingerprint density at radius 3 is 2.52 bits per heavy atom. The summed E-state index contributed by atoms with van der Waals surface area (Å²) in [4.78, 5) is 25.8. The van der Waals surface area contributed by atoms with Gasteiger partial charge in [0, 0.05) is 43.4 Å². The lowest BCUT2D eigenvalue weighted by Gasteiger charge is -2.35. The zero-order chi connectivity index (χ0) is 21.6. The Balaban J connectivity index is 1.40. The van der Waals surface area contributed by atoms with Crippen molar-refractivity contribution in [2.45, 2.75) is 6.42 Å². The lowest BCUT2D eigenvalue weighted by Crippen LogP contribution is -2.49. The molecular formula is C24H26N4O3. The molecule has 0 spiro atoms. The number of nitrogens with zero attached hydrogens (tertiary/aromatic N) is 4. The van der Waals surface area contributed by atoms with Crippen molar-refractivity contribution in [2.75, 3.05) is 45.3 Å². The maximum atomic E-state index is 12.8. The van der Waals surface area contributed by atoms with Crippen molar-refractivity contribution >= 4 is 11.7 Å². The topological polar surface area (TPSA) is 67.8 Å². The summed E-state index contributed by atoms with van der Waals surface area (Å²) in [6.07, 6.45) is 1.93. The molecule has 0 N–H and O–H groups in total. The Morgan fingerprint density at radius 2 is 1.74 bits per heavy atom. The van der Waals surface area contributed by atoms with Crippen molar-refractivity contribution in [1.82, 2.24) is 14.9 Å². The van der Waals surface area contributed by atoms with Crippen LogP contribution in [0.25, 0.3) is 11.3 Å². The van der Waals surface area contributed by atoms with Crippen LogP contribution in [-0.4, -0.2) is 61.2 Å². The van der Waals surface area contributed by atoms with Gasteiger partial charge in [-0.1, -0.05) is 30.3 Å². The molecule has 1 aliphatic rings. The van der Waals surface area contributed by atoms with E-state index in [1.165, 1.54) is 0 Å². The molecule has 2 aromatic carbocycles. The zero-order valence-electron chi connectivity index (χ0n) is 17.8. The fourth-order valence-electron chi connectivity index (χ4n) is 3.77. The monoisotopic (exact) mass is 418 g/mol. The number of benzene rings is 2. The van der Waals surface area contributed by atoms with Crippen LogP contribution in [0.15, 0.2) is 60.9 Å². The first-order valence-electron chi connectivity index (χ1n) is 10.3. The van der Waals surface area contributed by atoms with Gasteiger partial charge in [0.15, 0.2) is 0 Å². The third-order valence-electron chi connectivity index (χ3n) is 5.51. The Labute approximate surface area is 182 Å². The molecule has 4 rings (SSSR count). The molecule has 1 aromatic heterocycles. The molecule has 1 amide bonds. The number of ether oxygens (including phenoxy) is 2. The first-order chi connectivity index (χ1) is 15.2. The fourth-order valence-corrected chi connectivity index (χ4v) is 3.77. The SMILES string of the molecule is COc1cccc(-c2cc(N3CCN(C(=O)Cc4ccccc4OC)CC3)ncn2)c1. The van der Waals surface area contributed by atoms with E-state index in [2.05, 4.69) is 14.9 Å². The van der Waals surface area contributed by atoms with Gasteiger partial charge in [0.2, 0.25) is 5.91 Å². The van der Waals surface area contributed by atoms with E-state index in [4.69, 9.17) is 9.47 Å². The molecule has 0 unspecified atom stereocenters. The minimum absolute atomic E-state index is 0.115. The maximum absolute atomic E-state index is 12.8. The second kappa shape index (κ2) is 9.47. The molecule has 0 atom stereocenters. The van der Waals surface area contributed by atoms with Crippen molar-refractivity contribution in [3.63, 3.8) is 0 Å². The van der Waals surface area contributed by atoms with E-state index in [1.807, 2.05) is 59.5 Å². The quantitative estimate of drug-likeness (QED) is 0.613. The van der Waals surface area contributed by atoms with Crippen LogP contribution in [0.4, 0.5) is 5.82 Å². The van der Waals surface area contributed by atoms with Crippen LogP contribution >= 0.6 is 0 Å². The van der Waals surface area contributed by atoms with Gasteiger partial charge in [0.1, 0.15) is 23.6 Å². The van der Waals surface area contributed by atoms with Gasteiger partial charge in [-0.05, 0) is 18.2 Å². The largest absolute Gasteiger partial charge is 0.497 e. The first-order valence-corrected chi connectivity index (χ1v) is 10.3. The molecule has 7 heteroatoms. The average Bonchev–Trinajstić information content (AvgIpc) is 2.84. The first kappa shape index (κ1) is 20.7. The Bertz CT molecular complexity index is 1050. The summed E-state index contributed by atoms with van der Waals surface area (Å²) >= 11 is 0. The zero-order valence-corrected chi connectivity index (χ0v) is 17.8. The number of hydrogen-bond donors (Lipinski definition) is 0. The minimum Gasteiger partial charge on any atom is -0.497 e. The Morgan fingerprint density at radius 1 is 0.935 bits per heavy atom. The second-order valence-corrected chi connectivity index (χ2v) is 7.35. The molecular weight excluding hydrogens is 392 g/mol. The number of hydrogen-bond acceptors (Lipinski definition) is 6. The number of para-hydroxylation sites is 1. The minimum atomic E-state index is 0.115. The lowest BCUT2D eigenvalue weighted by atomic mass is 10.1. The van der Waals surface area contributed by atoms with Crippen molar-refractivity contribution in [2.24, 2.45) is 0 Å². The summed E-state index contributed by atoms with van der Waals surface area (Å²) in [6, 6.07) is 17.5. The van der Waals surface area contributed by atoms with E-state index in [0.29, 0.717) is 19.5 Å². The summed E-state index contributed by atoms with van der Waals surface area (Å²) in [6.45, 7) is 2.78. The highest BCUT2D eigenvalue weighted by Gasteiger charge is 2.23. The molecule has 1 saturated heterocycles. The molecule has 0 aliphatic carbocycles. The van der Waals surface area contributed by atoms with Gasteiger partial charge in [0.05, 0.1) is 26.3 Å². The van der Waals surface area contributed by atoms with Crippen molar-refractivity contribution in [3.8, 4) is 22.8 Å². The predicted octanol–water partition coefficient (Wildman–Crippen LogP) is 3.05. The number of carbonyl (C=O) groups excluding carboxylic acids is 1. The standard InChI is InChI=1S/C24H26N4O3/c1-30-20-8-5-7-18(14-20)21-16-23(26-17-25-21)27-10-12-28(13-11-27)24(29)15-19-6-3-4-9-22(19)31-2/h3-9,14,16-17H,10-13,15H2,1-2H3. The third kappa shape index (κ3) is 4.77. The number of aromatic nitrogens is 2. The van der Waals surface area contributed by atoms with Crippen LogP contribution in [0, 0.1) is 0 Å². The number of anilines is 1. The number of carbonyl (C=O) groups is 1. The second-order valence-electron chi connectivity index (χ2n) is 7.35. The summed E-state index contributed by atoms with van der Waals surface area (Å²) in [5.41, 5.74) is 2.74. The van der Waals surface area contributed by atoms with Crippen LogP contribution in [0.2, 0.25) is 0 Å². The number of methoxy groups -OCH3 is 2. The molecule has 31 heavy (non-hydrogen) atoms. The molecule has 1 fully saturated rings. The van der Waals surface area contributed by atoms with Crippen LogP contribution < -0.4 is 14.4 Å². The van der Waals surface area contributed by atoms with Gasteiger partial charge >= 0.3 is 0 Å². The smallest absolute Gasteiger partial charge is 0.227 e. The predicted molar refractivity (Wildman–Crippen MR) is 120 cm³/mol. The number of rotatable bonds is 6. The maximum Gasteiger partial charge on any atom is 0.227 e. The van der Waals surface area contributed by atoms with Gasteiger partial charge in [-0.15, -0.1) is 0 Å². The lowest BCUT2D eigenvalue weighted by molar-refractivity contribution is -0.130. The van der Waals surface area contributed by atoms with Gasteiger partial charge in [0.25, 0.3) is 0 Å². The molecule has 3 aromatic rings. The molecule has 1 aliphatic heterocycles. The average molecular weight is 418 g/mol. The van der Waals surface area contributed by atoms with Crippen LogP contribution in [0.3, 0.4) is 0 Å².